The molecule has 0 atom stereocenters. The van der Waals surface area contributed by atoms with Crippen LogP contribution in [-0.2, 0) is 0 Å². The number of H-pyrrole nitrogens is 2. The second kappa shape index (κ2) is 6.88. The third-order valence-corrected chi connectivity index (χ3v) is 4.28. The summed E-state index contributed by atoms with van der Waals surface area (Å²) in [5, 5.41) is 11.4. The van der Waals surface area contributed by atoms with E-state index in [-0.39, 0.29) is 11.9 Å². The van der Waals surface area contributed by atoms with Crippen molar-refractivity contribution in [2.24, 2.45) is 21.7 Å². The molecule has 0 unspecified atom stereocenters. The number of aromatic nitrogens is 3. The highest BCUT2D eigenvalue weighted by atomic mass is 16.1. The summed E-state index contributed by atoms with van der Waals surface area (Å²) in [6.07, 6.45) is 1.62. The van der Waals surface area contributed by atoms with Crippen LogP contribution in [0.15, 0.2) is 59.0 Å². The van der Waals surface area contributed by atoms with Gasteiger partial charge in [0.25, 0.3) is 5.91 Å². The number of carbonyl (C=O) groups excluding carboxylic acids is 1. The average molecular weight is 374 g/mol. The highest BCUT2D eigenvalue weighted by Gasteiger charge is 2.11. The number of benzene rings is 2. The van der Waals surface area contributed by atoms with E-state index in [1.165, 1.54) is 0 Å². The van der Waals surface area contributed by atoms with Crippen molar-refractivity contribution in [2.45, 2.75) is 6.92 Å². The van der Waals surface area contributed by atoms with E-state index in [0.717, 1.165) is 27.5 Å². The van der Waals surface area contributed by atoms with Gasteiger partial charge < -0.3 is 26.8 Å². The highest BCUT2D eigenvalue weighted by molar-refractivity contribution is 6.08. The molecular weight excluding hydrogens is 356 g/mol. The SMILES string of the molecule is CC(=NN=C(N)N)c1ccc2[nH]c(C(=O)Nc3ccc4nc[nH]c4c3)cc2c1. The minimum absolute atomic E-state index is 0.102. The van der Waals surface area contributed by atoms with E-state index < -0.39 is 0 Å². The standard InChI is InChI=1S/C19H18N8O/c1-10(26-27-19(20)21)11-2-4-14-12(6-11)7-17(25-14)18(28)24-13-3-5-15-16(8-13)23-9-22-15/h2-9,25H,1H3,(H,22,23)(H,24,28)(H4,20,21,27). The zero-order valence-corrected chi connectivity index (χ0v) is 15.0. The number of nitrogens with two attached hydrogens (primary N) is 2. The summed E-state index contributed by atoms with van der Waals surface area (Å²) in [6, 6.07) is 13.0. The molecule has 2 heterocycles. The molecule has 0 aliphatic rings. The maximum atomic E-state index is 12.6. The number of nitrogens with one attached hydrogen (secondary N) is 3. The molecule has 7 N–H and O–H groups in total. The molecule has 2 aromatic heterocycles. The quantitative estimate of drug-likeness (QED) is 0.211. The number of hydrogen-bond donors (Lipinski definition) is 5. The molecule has 28 heavy (non-hydrogen) atoms. The van der Waals surface area contributed by atoms with Crippen molar-refractivity contribution in [1.82, 2.24) is 15.0 Å². The van der Waals surface area contributed by atoms with Gasteiger partial charge in [-0.1, -0.05) is 6.07 Å². The number of rotatable bonds is 4. The number of hydrogen-bond acceptors (Lipinski definition) is 4. The molecule has 2 aromatic carbocycles. The second-order valence-electron chi connectivity index (χ2n) is 6.28. The summed E-state index contributed by atoms with van der Waals surface area (Å²) in [5.74, 6) is -0.336. The first kappa shape index (κ1) is 17.3. The van der Waals surface area contributed by atoms with Gasteiger partial charge in [-0.3, -0.25) is 4.79 Å². The first-order valence-electron chi connectivity index (χ1n) is 8.50. The number of amides is 1. The Kier molecular flexibility index (Phi) is 4.24. The summed E-state index contributed by atoms with van der Waals surface area (Å²) in [5.41, 5.74) is 15.8. The Hall–Kier alpha value is -4.14. The smallest absolute Gasteiger partial charge is 0.272 e. The van der Waals surface area contributed by atoms with Crippen LogP contribution in [-0.4, -0.2) is 32.5 Å². The van der Waals surface area contributed by atoms with Crippen molar-refractivity contribution in [2.75, 3.05) is 5.32 Å². The van der Waals surface area contributed by atoms with Crippen LogP contribution in [0.1, 0.15) is 23.0 Å². The van der Waals surface area contributed by atoms with Gasteiger partial charge in [-0.05, 0) is 48.9 Å². The van der Waals surface area contributed by atoms with Crippen LogP contribution in [0.2, 0.25) is 0 Å². The first-order valence-corrected chi connectivity index (χ1v) is 8.50. The number of fused-ring (bicyclic) bond motifs is 2. The lowest BCUT2D eigenvalue weighted by molar-refractivity contribution is 0.102. The van der Waals surface area contributed by atoms with Crippen LogP contribution in [0.4, 0.5) is 5.69 Å². The molecule has 0 fully saturated rings. The van der Waals surface area contributed by atoms with E-state index in [0.29, 0.717) is 17.1 Å². The van der Waals surface area contributed by atoms with Crippen LogP contribution < -0.4 is 16.8 Å². The largest absolute Gasteiger partial charge is 0.369 e. The normalized spacial score (nSPS) is 11.7. The minimum Gasteiger partial charge on any atom is -0.369 e. The molecule has 4 aromatic rings. The number of anilines is 1. The molecule has 4 rings (SSSR count). The number of guanidine groups is 1. The molecule has 0 aliphatic carbocycles. The molecule has 140 valence electrons. The molecule has 0 bridgehead atoms. The van der Waals surface area contributed by atoms with Crippen molar-refractivity contribution in [1.29, 1.82) is 0 Å². The van der Waals surface area contributed by atoms with Crippen LogP contribution in [0.3, 0.4) is 0 Å². The Labute approximate surface area is 159 Å². The van der Waals surface area contributed by atoms with Gasteiger partial charge in [0.1, 0.15) is 5.69 Å². The Morgan fingerprint density at radius 1 is 1.07 bits per heavy atom. The predicted molar refractivity (Wildman–Crippen MR) is 110 cm³/mol. The van der Waals surface area contributed by atoms with Gasteiger partial charge in [0.05, 0.1) is 23.1 Å². The lowest BCUT2D eigenvalue weighted by Gasteiger charge is -2.03. The fraction of sp³-hybridized carbons (Fsp3) is 0.0526. The van der Waals surface area contributed by atoms with Gasteiger partial charge >= 0.3 is 0 Å². The molecule has 0 spiro atoms. The fourth-order valence-corrected chi connectivity index (χ4v) is 2.88. The molecule has 9 heteroatoms. The van der Waals surface area contributed by atoms with Crippen molar-refractivity contribution in [3.8, 4) is 0 Å². The van der Waals surface area contributed by atoms with Crippen molar-refractivity contribution < 1.29 is 4.79 Å². The summed E-state index contributed by atoms with van der Waals surface area (Å²) in [7, 11) is 0. The third-order valence-electron chi connectivity index (χ3n) is 4.28. The van der Waals surface area contributed by atoms with E-state index in [1.54, 1.807) is 19.3 Å². The van der Waals surface area contributed by atoms with Gasteiger partial charge in [0.2, 0.25) is 5.96 Å². The van der Waals surface area contributed by atoms with Crippen molar-refractivity contribution in [3.63, 3.8) is 0 Å². The molecule has 0 saturated heterocycles. The molecule has 9 nitrogen and oxygen atoms in total. The van der Waals surface area contributed by atoms with E-state index in [1.807, 2.05) is 36.4 Å². The number of carbonyl (C=O) groups is 1. The summed E-state index contributed by atoms with van der Waals surface area (Å²) in [6.45, 7) is 1.81. The highest BCUT2D eigenvalue weighted by Crippen LogP contribution is 2.20. The van der Waals surface area contributed by atoms with Gasteiger partial charge in [-0.2, -0.15) is 5.10 Å². The Morgan fingerprint density at radius 3 is 2.75 bits per heavy atom. The summed E-state index contributed by atoms with van der Waals surface area (Å²) >= 11 is 0. The maximum absolute atomic E-state index is 12.6. The van der Waals surface area contributed by atoms with E-state index in [9.17, 15) is 4.79 Å². The van der Waals surface area contributed by atoms with Crippen LogP contribution in [0, 0.1) is 0 Å². The Bertz CT molecular complexity index is 1240. The van der Waals surface area contributed by atoms with Gasteiger partial charge in [0.15, 0.2) is 0 Å². The topological polar surface area (TPSA) is 150 Å². The molecule has 0 saturated carbocycles. The number of nitrogens with zero attached hydrogens (tertiary/aromatic N) is 3. The zero-order chi connectivity index (χ0) is 19.7. The van der Waals surface area contributed by atoms with Gasteiger partial charge in [0, 0.05) is 16.6 Å². The second-order valence-corrected chi connectivity index (χ2v) is 6.28. The zero-order valence-electron chi connectivity index (χ0n) is 15.0. The Balaban J connectivity index is 1.59. The monoisotopic (exact) mass is 374 g/mol. The van der Waals surface area contributed by atoms with Crippen molar-refractivity contribution in [3.05, 3.63) is 60.0 Å². The van der Waals surface area contributed by atoms with Crippen LogP contribution in [0.25, 0.3) is 21.9 Å². The van der Waals surface area contributed by atoms with Crippen LogP contribution >= 0.6 is 0 Å². The summed E-state index contributed by atoms with van der Waals surface area (Å²) < 4.78 is 0. The lowest BCUT2D eigenvalue weighted by Crippen LogP contribution is -2.22. The van der Waals surface area contributed by atoms with E-state index >= 15 is 0 Å². The van der Waals surface area contributed by atoms with E-state index in [2.05, 4.69) is 30.5 Å². The lowest BCUT2D eigenvalue weighted by atomic mass is 10.1. The van der Waals surface area contributed by atoms with Crippen LogP contribution in [0.5, 0.6) is 0 Å². The number of imidazole rings is 1. The molecule has 1 amide bonds. The van der Waals surface area contributed by atoms with Gasteiger partial charge in [-0.25, -0.2) is 4.98 Å². The maximum Gasteiger partial charge on any atom is 0.272 e. The molecular formula is C19H18N8O. The Morgan fingerprint density at radius 2 is 1.93 bits per heavy atom. The average Bonchev–Trinajstić information content (AvgIpc) is 3.31. The summed E-state index contributed by atoms with van der Waals surface area (Å²) in [4.78, 5) is 22.9. The number of aromatic amines is 2. The predicted octanol–water partition coefficient (Wildman–Crippen LogP) is 2.29. The minimum atomic E-state index is -0.234. The first-order chi connectivity index (χ1) is 13.5. The molecule has 0 radical (unpaired) electrons. The van der Waals surface area contributed by atoms with Crippen molar-refractivity contribution >= 4 is 45.2 Å². The van der Waals surface area contributed by atoms with Gasteiger partial charge in [-0.15, -0.1) is 5.10 Å². The van der Waals surface area contributed by atoms with E-state index in [4.69, 9.17) is 11.5 Å². The fourth-order valence-electron chi connectivity index (χ4n) is 2.88. The third kappa shape index (κ3) is 3.40. The molecule has 0 aliphatic heterocycles.